The molecule has 5 nitrogen and oxygen atoms in total. The molecule has 0 amide bonds. The molecule has 0 aliphatic carbocycles. The first-order chi connectivity index (χ1) is 6.19. The number of rotatable bonds is 5. The van der Waals surface area contributed by atoms with Crippen molar-refractivity contribution in [3.63, 3.8) is 0 Å². The lowest BCUT2D eigenvalue weighted by molar-refractivity contribution is 0.581. The highest BCUT2D eigenvalue weighted by Gasteiger charge is 2.21. The summed E-state index contributed by atoms with van der Waals surface area (Å²) in [5, 5.41) is 7.50. The second kappa shape index (κ2) is 4.75. The molecule has 0 saturated heterocycles. The third-order valence-electron chi connectivity index (χ3n) is 1.73. The number of nitrogens with zero attached hydrogens (tertiary/aromatic N) is 1. The van der Waals surface area contributed by atoms with E-state index in [1.165, 1.54) is 6.92 Å². The van der Waals surface area contributed by atoms with Crippen LogP contribution in [0.3, 0.4) is 0 Å². The predicted molar refractivity (Wildman–Crippen MR) is 53.2 cm³/mol. The van der Waals surface area contributed by atoms with Gasteiger partial charge in [-0.1, -0.05) is 0 Å². The van der Waals surface area contributed by atoms with Gasteiger partial charge < -0.3 is 0 Å². The Hall–Kier alpha value is -0.610. The number of nitriles is 1. The van der Waals surface area contributed by atoms with E-state index in [0.29, 0.717) is 0 Å². The largest absolute Gasteiger partial charge is 0.229 e. The second-order valence-corrected chi connectivity index (χ2v) is 7.97. The summed E-state index contributed by atoms with van der Waals surface area (Å²) in [5.41, 5.74) is 0. The zero-order chi connectivity index (χ0) is 11.4. The van der Waals surface area contributed by atoms with E-state index in [-0.39, 0.29) is 12.2 Å². The van der Waals surface area contributed by atoms with Crippen molar-refractivity contribution in [2.45, 2.75) is 18.6 Å². The van der Waals surface area contributed by atoms with Gasteiger partial charge in [0.1, 0.15) is 9.84 Å². The SMILES string of the molecule is CC(CC#N)S(=O)(=O)CCS(C)(=O)=O. The summed E-state index contributed by atoms with van der Waals surface area (Å²) in [6.07, 6.45) is 0.879. The highest BCUT2D eigenvalue weighted by atomic mass is 32.2. The van der Waals surface area contributed by atoms with Crippen molar-refractivity contribution in [3.8, 4) is 6.07 Å². The molecule has 0 aromatic heterocycles. The quantitative estimate of drug-likeness (QED) is 0.659. The molecule has 0 bridgehead atoms. The zero-order valence-electron chi connectivity index (χ0n) is 8.10. The first-order valence-electron chi connectivity index (χ1n) is 3.95. The van der Waals surface area contributed by atoms with Crippen molar-refractivity contribution >= 4 is 19.7 Å². The molecule has 0 rings (SSSR count). The molecule has 1 atom stereocenters. The van der Waals surface area contributed by atoms with Crippen molar-refractivity contribution in [2.24, 2.45) is 0 Å². The second-order valence-electron chi connectivity index (χ2n) is 3.17. The van der Waals surface area contributed by atoms with Crippen LogP contribution in [0.5, 0.6) is 0 Å². The molecular formula is C7H13NO4S2. The third-order valence-corrected chi connectivity index (χ3v) is 5.10. The van der Waals surface area contributed by atoms with Gasteiger partial charge in [-0.25, -0.2) is 16.8 Å². The van der Waals surface area contributed by atoms with Gasteiger partial charge in [-0.05, 0) is 6.92 Å². The number of hydrogen-bond acceptors (Lipinski definition) is 5. The van der Waals surface area contributed by atoms with Crippen molar-refractivity contribution in [1.29, 1.82) is 5.26 Å². The molecule has 14 heavy (non-hydrogen) atoms. The average Bonchev–Trinajstić information content (AvgIpc) is 2.00. The molecule has 0 heterocycles. The Labute approximate surface area is 84.6 Å². The Morgan fingerprint density at radius 2 is 1.71 bits per heavy atom. The zero-order valence-corrected chi connectivity index (χ0v) is 9.73. The van der Waals surface area contributed by atoms with Crippen LogP contribution in [-0.4, -0.2) is 39.8 Å². The number of sulfone groups is 2. The van der Waals surface area contributed by atoms with Crippen LogP contribution in [0.4, 0.5) is 0 Å². The Morgan fingerprint density at radius 1 is 1.21 bits per heavy atom. The topological polar surface area (TPSA) is 92.1 Å². The lowest BCUT2D eigenvalue weighted by Crippen LogP contribution is -2.25. The van der Waals surface area contributed by atoms with Gasteiger partial charge in [-0.15, -0.1) is 0 Å². The Morgan fingerprint density at radius 3 is 2.07 bits per heavy atom. The summed E-state index contributed by atoms with van der Waals surface area (Å²) in [7, 11) is -6.73. The van der Waals surface area contributed by atoms with Crippen LogP contribution >= 0.6 is 0 Å². The fourth-order valence-corrected chi connectivity index (χ4v) is 3.60. The Balaban J connectivity index is 4.46. The van der Waals surface area contributed by atoms with Crippen molar-refractivity contribution in [3.05, 3.63) is 0 Å². The Kier molecular flexibility index (Phi) is 4.55. The summed E-state index contributed by atoms with van der Waals surface area (Å²) in [6, 6.07) is 1.74. The molecule has 0 aromatic rings. The lowest BCUT2D eigenvalue weighted by atomic mass is 10.4. The first-order valence-corrected chi connectivity index (χ1v) is 7.73. The Bertz CT molecular complexity index is 415. The van der Waals surface area contributed by atoms with Crippen molar-refractivity contribution in [2.75, 3.05) is 17.8 Å². The van der Waals surface area contributed by atoms with Crippen LogP contribution in [0.2, 0.25) is 0 Å². The maximum Gasteiger partial charge on any atom is 0.154 e. The van der Waals surface area contributed by atoms with Crippen molar-refractivity contribution < 1.29 is 16.8 Å². The fourth-order valence-electron chi connectivity index (χ4n) is 0.724. The maximum atomic E-state index is 11.4. The van der Waals surface area contributed by atoms with Crippen LogP contribution in [0.1, 0.15) is 13.3 Å². The van der Waals surface area contributed by atoms with Gasteiger partial charge in [0.25, 0.3) is 0 Å². The van der Waals surface area contributed by atoms with Crippen LogP contribution in [0.15, 0.2) is 0 Å². The molecule has 0 fully saturated rings. The molecule has 1 unspecified atom stereocenters. The monoisotopic (exact) mass is 239 g/mol. The number of hydrogen-bond donors (Lipinski definition) is 0. The highest BCUT2D eigenvalue weighted by molar-refractivity contribution is 7.95. The van der Waals surface area contributed by atoms with E-state index in [0.717, 1.165) is 6.26 Å². The summed E-state index contributed by atoms with van der Waals surface area (Å²) in [4.78, 5) is 0. The van der Waals surface area contributed by atoms with Crippen molar-refractivity contribution in [1.82, 2.24) is 0 Å². The minimum absolute atomic E-state index is 0.105. The normalized spacial score (nSPS) is 14.6. The van der Waals surface area contributed by atoms with Gasteiger partial charge in [0.15, 0.2) is 9.84 Å². The van der Waals surface area contributed by atoms with Gasteiger partial charge in [0.05, 0.1) is 29.2 Å². The van der Waals surface area contributed by atoms with Crippen LogP contribution in [-0.2, 0) is 19.7 Å². The van der Waals surface area contributed by atoms with Crippen LogP contribution < -0.4 is 0 Å². The van der Waals surface area contributed by atoms with E-state index in [1.54, 1.807) is 6.07 Å². The molecule has 0 saturated carbocycles. The molecule has 82 valence electrons. The molecule has 0 aliphatic heterocycles. The molecule has 0 spiro atoms. The minimum Gasteiger partial charge on any atom is -0.229 e. The van der Waals surface area contributed by atoms with E-state index < -0.39 is 30.7 Å². The van der Waals surface area contributed by atoms with E-state index in [1.807, 2.05) is 0 Å². The molecule has 0 radical (unpaired) electrons. The minimum atomic E-state index is -3.46. The van der Waals surface area contributed by atoms with Crippen LogP contribution in [0.25, 0.3) is 0 Å². The first kappa shape index (κ1) is 13.4. The summed E-state index contributed by atoms with van der Waals surface area (Å²) in [6.45, 7) is 1.40. The molecule has 7 heteroatoms. The fraction of sp³-hybridized carbons (Fsp3) is 0.857. The average molecular weight is 239 g/mol. The van der Waals surface area contributed by atoms with Crippen LogP contribution in [0, 0.1) is 11.3 Å². The van der Waals surface area contributed by atoms with Gasteiger partial charge in [0, 0.05) is 6.26 Å². The smallest absolute Gasteiger partial charge is 0.154 e. The summed E-state index contributed by atoms with van der Waals surface area (Å²) < 4.78 is 44.2. The molecular weight excluding hydrogens is 226 g/mol. The van der Waals surface area contributed by atoms with E-state index in [2.05, 4.69) is 0 Å². The summed E-state index contributed by atoms with van der Waals surface area (Å²) >= 11 is 0. The van der Waals surface area contributed by atoms with E-state index >= 15 is 0 Å². The van der Waals surface area contributed by atoms with Gasteiger partial charge >= 0.3 is 0 Å². The summed E-state index contributed by atoms with van der Waals surface area (Å²) in [5.74, 6) is -0.792. The van der Waals surface area contributed by atoms with E-state index in [4.69, 9.17) is 5.26 Å². The molecule has 0 aliphatic rings. The predicted octanol–water partition coefficient (Wildman–Crippen LogP) is -0.252. The van der Waals surface area contributed by atoms with Gasteiger partial charge in [0.2, 0.25) is 0 Å². The van der Waals surface area contributed by atoms with Gasteiger partial charge in [-0.3, -0.25) is 0 Å². The molecule has 0 N–H and O–H groups in total. The lowest BCUT2D eigenvalue weighted by Gasteiger charge is -2.07. The van der Waals surface area contributed by atoms with E-state index in [9.17, 15) is 16.8 Å². The van der Waals surface area contributed by atoms with Gasteiger partial charge in [-0.2, -0.15) is 5.26 Å². The third kappa shape index (κ3) is 5.19. The molecule has 0 aromatic carbocycles. The maximum absolute atomic E-state index is 11.4. The standard InChI is InChI=1S/C7H13NO4S2/c1-7(3-4-8)14(11,12)6-5-13(2,9)10/h7H,3,5-6H2,1-2H3. The highest BCUT2D eigenvalue weighted by Crippen LogP contribution is 2.06.